The summed E-state index contributed by atoms with van der Waals surface area (Å²) in [5, 5.41) is 15.4. The summed E-state index contributed by atoms with van der Waals surface area (Å²) in [6.45, 7) is 2.59. The number of hydrogen-bond donors (Lipinski definition) is 2. The van der Waals surface area contributed by atoms with E-state index < -0.39 is 0 Å². The molecule has 2 N–H and O–H groups in total. The molecule has 0 saturated heterocycles. The number of carbonyl (C=O) groups excluding carboxylic acids is 1. The summed E-state index contributed by atoms with van der Waals surface area (Å²) < 4.78 is 5.38. The van der Waals surface area contributed by atoms with Gasteiger partial charge in [0.1, 0.15) is 11.3 Å². The van der Waals surface area contributed by atoms with E-state index in [0.717, 1.165) is 42.3 Å². The van der Waals surface area contributed by atoms with Gasteiger partial charge < -0.3 is 15.2 Å². The minimum absolute atomic E-state index is 0.128. The number of aromatic hydroxyl groups is 1. The third kappa shape index (κ3) is 5.52. The quantitative estimate of drug-likeness (QED) is 0.216. The first-order valence-corrected chi connectivity index (χ1v) is 11.7. The van der Waals surface area contributed by atoms with Crippen molar-refractivity contribution in [1.82, 2.24) is 9.97 Å². The Morgan fingerprint density at radius 2 is 1.82 bits per heavy atom. The fourth-order valence-corrected chi connectivity index (χ4v) is 3.91. The Labute approximate surface area is 199 Å². The fraction of sp³-hybridized carbons (Fsp3) is 0.250. The van der Waals surface area contributed by atoms with Gasteiger partial charge in [-0.2, -0.15) is 0 Å². The molecule has 0 aliphatic heterocycles. The molecule has 2 heterocycles. The molecule has 2 aromatic heterocycles. The fourth-order valence-electron chi connectivity index (χ4n) is 3.91. The van der Waals surface area contributed by atoms with Crippen LogP contribution < -0.4 is 5.32 Å². The topological polar surface area (TPSA) is 84.3 Å². The summed E-state index contributed by atoms with van der Waals surface area (Å²) >= 11 is 0. The van der Waals surface area contributed by atoms with Crippen molar-refractivity contribution < 1.29 is 14.6 Å². The zero-order valence-electron chi connectivity index (χ0n) is 19.3. The summed E-state index contributed by atoms with van der Waals surface area (Å²) in [4.78, 5) is 20.9. The smallest absolute Gasteiger partial charge is 0.338 e. The van der Waals surface area contributed by atoms with Crippen molar-refractivity contribution in [1.29, 1.82) is 0 Å². The number of esters is 1. The molecule has 0 amide bonds. The molecule has 0 radical (unpaired) electrons. The summed E-state index contributed by atoms with van der Waals surface area (Å²) in [5.74, 6) is -0.187. The molecule has 4 aromatic rings. The highest BCUT2D eigenvalue weighted by molar-refractivity contribution is 5.90. The molecule has 1 unspecified atom stereocenters. The number of pyridine rings is 2. The molecular formula is C28H29N3O3. The largest absolute Gasteiger partial charge is 0.505 e. The minimum atomic E-state index is -0.364. The second kappa shape index (κ2) is 11.3. The third-order valence-electron chi connectivity index (χ3n) is 5.77. The van der Waals surface area contributed by atoms with Crippen LogP contribution in [0.5, 0.6) is 5.75 Å². The first-order valence-electron chi connectivity index (χ1n) is 11.7. The van der Waals surface area contributed by atoms with E-state index in [9.17, 15) is 9.90 Å². The monoisotopic (exact) mass is 455 g/mol. The zero-order chi connectivity index (χ0) is 23.8. The molecule has 34 heavy (non-hydrogen) atoms. The third-order valence-corrected chi connectivity index (χ3v) is 5.77. The van der Waals surface area contributed by atoms with Crippen molar-refractivity contribution >= 4 is 22.6 Å². The van der Waals surface area contributed by atoms with Crippen LogP contribution in [0.15, 0.2) is 79.3 Å². The number of carbonyl (C=O) groups is 1. The van der Waals surface area contributed by atoms with Crippen molar-refractivity contribution in [3.05, 3.63) is 95.9 Å². The molecule has 6 nitrogen and oxygen atoms in total. The summed E-state index contributed by atoms with van der Waals surface area (Å²) in [6, 6.07) is 18.2. The van der Waals surface area contributed by atoms with E-state index in [4.69, 9.17) is 4.74 Å². The second-order valence-electron chi connectivity index (χ2n) is 8.22. The van der Waals surface area contributed by atoms with Gasteiger partial charge in [-0.15, -0.1) is 0 Å². The molecule has 0 aliphatic carbocycles. The molecule has 0 aliphatic rings. The van der Waals surface area contributed by atoms with Gasteiger partial charge in [-0.05, 0) is 48.4 Å². The van der Waals surface area contributed by atoms with Crippen molar-refractivity contribution in [2.75, 3.05) is 11.9 Å². The summed E-state index contributed by atoms with van der Waals surface area (Å²) in [5.41, 5.74) is 3.44. The Kier molecular flexibility index (Phi) is 7.71. The summed E-state index contributed by atoms with van der Waals surface area (Å²) in [7, 11) is 0. The van der Waals surface area contributed by atoms with Crippen LogP contribution >= 0.6 is 0 Å². The SMILES string of the molecule is CCCCCCOC(=O)c1ccc(NC(c2cccnc2)c2ccc3cccnc3c2O)cc1. The Hall–Kier alpha value is -3.93. The zero-order valence-corrected chi connectivity index (χ0v) is 19.3. The molecule has 6 heteroatoms. The number of phenols is 1. The average molecular weight is 456 g/mol. The normalized spacial score (nSPS) is 11.8. The Bertz CT molecular complexity index is 1230. The van der Waals surface area contributed by atoms with Gasteiger partial charge in [-0.3, -0.25) is 9.97 Å². The first-order chi connectivity index (χ1) is 16.7. The van der Waals surface area contributed by atoms with Gasteiger partial charge in [-0.25, -0.2) is 4.79 Å². The molecule has 0 saturated carbocycles. The lowest BCUT2D eigenvalue weighted by molar-refractivity contribution is 0.0498. The van der Waals surface area contributed by atoms with Gasteiger partial charge in [0.05, 0.1) is 18.2 Å². The highest BCUT2D eigenvalue weighted by Crippen LogP contribution is 2.36. The lowest BCUT2D eigenvalue weighted by Crippen LogP contribution is -2.13. The van der Waals surface area contributed by atoms with Crippen LogP contribution in [0.1, 0.15) is 60.1 Å². The van der Waals surface area contributed by atoms with E-state index in [0.29, 0.717) is 23.3 Å². The maximum atomic E-state index is 12.3. The van der Waals surface area contributed by atoms with Crippen molar-refractivity contribution in [2.24, 2.45) is 0 Å². The number of rotatable bonds is 10. The highest BCUT2D eigenvalue weighted by Gasteiger charge is 2.20. The number of ether oxygens (including phenoxy) is 1. The van der Waals surface area contributed by atoms with Crippen LogP contribution in [-0.2, 0) is 4.74 Å². The molecule has 0 bridgehead atoms. The number of unbranched alkanes of at least 4 members (excludes halogenated alkanes) is 3. The standard InChI is InChI=1S/C28H29N3O3/c1-2-3-4-5-18-34-28(33)21-10-13-23(14-11-21)31-25(22-9-6-16-29-19-22)24-15-12-20-8-7-17-30-26(20)27(24)32/h6-17,19,25,31-32H,2-5,18H2,1H3. The lowest BCUT2D eigenvalue weighted by Gasteiger charge is -2.22. The van der Waals surface area contributed by atoms with Gasteiger partial charge >= 0.3 is 5.97 Å². The highest BCUT2D eigenvalue weighted by atomic mass is 16.5. The number of nitrogens with zero attached hydrogens (tertiary/aromatic N) is 2. The molecule has 0 fully saturated rings. The predicted octanol–water partition coefficient (Wildman–Crippen LogP) is 6.27. The van der Waals surface area contributed by atoms with E-state index in [1.165, 1.54) is 0 Å². The molecule has 174 valence electrons. The van der Waals surface area contributed by atoms with E-state index in [1.807, 2.05) is 48.5 Å². The van der Waals surface area contributed by atoms with Gasteiger partial charge in [-0.1, -0.05) is 50.5 Å². The van der Waals surface area contributed by atoms with Crippen molar-refractivity contribution in [3.8, 4) is 5.75 Å². The van der Waals surface area contributed by atoms with Crippen molar-refractivity contribution in [2.45, 2.75) is 38.6 Å². The van der Waals surface area contributed by atoms with E-state index in [2.05, 4.69) is 22.2 Å². The van der Waals surface area contributed by atoms with Gasteiger partial charge in [0.15, 0.2) is 0 Å². The van der Waals surface area contributed by atoms with Crippen LogP contribution in [0.25, 0.3) is 10.9 Å². The van der Waals surface area contributed by atoms with Crippen LogP contribution in [0.4, 0.5) is 5.69 Å². The van der Waals surface area contributed by atoms with Gasteiger partial charge in [0.25, 0.3) is 0 Å². The van der Waals surface area contributed by atoms with Crippen LogP contribution in [0, 0.1) is 0 Å². The second-order valence-corrected chi connectivity index (χ2v) is 8.22. The van der Waals surface area contributed by atoms with Gasteiger partial charge in [0.2, 0.25) is 0 Å². The number of hydrogen-bond acceptors (Lipinski definition) is 6. The number of benzene rings is 2. The van der Waals surface area contributed by atoms with Crippen molar-refractivity contribution in [3.63, 3.8) is 0 Å². The number of fused-ring (bicyclic) bond motifs is 1. The number of nitrogens with one attached hydrogen (secondary N) is 1. The van der Waals surface area contributed by atoms with Crippen LogP contribution in [-0.4, -0.2) is 27.7 Å². The predicted molar refractivity (Wildman–Crippen MR) is 134 cm³/mol. The summed E-state index contributed by atoms with van der Waals surface area (Å²) in [6.07, 6.45) is 9.40. The molecule has 4 rings (SSSR count). The molecule has 2 aromatic carbocycles. The van der Waals surface area contributed by atoms with E-state index >= 15 is 0 Å². The maximum absolute atomic E-state index is 12.3. The Balaban J connectivity index is 1.54. The Morgan fingerprint density at radius 3 is 2.59 bits per heavy atom. The van der Waals surface area contributed by atoms with Gasteiger partial charge in [0, 0.05) is 35.2 Å². The van der Waals surface area contributed by atoms with E-state index in [-0.39, 0.29) is 17.8 Å². The van der Waals surface area contributed by atoms with Crippen LogP contribution in [0.3, 0.4) is 0 Å². The molecule has 0 spiro atoms. The Morgan fingerprint density at radius 1 is 1.00 bits per heavy atom. The molecule has 1 atom stereocenters. The molecular weight excluding hydrogens is 426 g/mol. The van der Waals surface area contributed by atoms with E-state index in [1.54, 1.807) is 30.7 Å². The number of aromatic nitrogens is 2. The lowest BCUT2D eigenvalue weighted by atomic mass is 9.97. The first kappa shape index (κ1) is 23.2. The minimum Gasteiger partial charge on any atom is -0.505 e. The maximum Gasteiger partial charge on any atom is 0.338 e. The van der Waals surface area contributed by atoms with Crippen LogP contribution in [0.2, 0.25) is 0 Å². The average Bonchev–Trinajstić information content (AvgIpc) is 2.88. The number of anilines is 1. The number of phenolic OH excluding ortho intramolecular Hbond substituents is 1.